The first-order valence-electron chi connectivity index (χ1n) is 6.94. The van der Waals surface area contributed by atoms with Gasteiger partial charge in [-0.25, -0.2) is 0 Å². The minimum atomic E-state index is 0.532. The molecular weight excluding hydrogens is 260 g/mol. The maximum Gasteiger partial charge on any atom is 0.137 e. The van der Waals surface area contributed by atoms with Crippen molar-refractivity contribution in [2.45, 2.75) is 38.8 Å². The molecule has 1 aliphatic rings. The molecule has 1 unspecified atom stereocenters. The van der Waals surface area contributed by atoms with E-state index in [0.29, 0.717) is 17.1 Å². The number of hydrogen-bond donors (Lipinski definition) is 1. The van der Waals surface area contributed by atoms with Gasteiger partial charge in [-0.1, -0.05) is 25.4 Å². The van der Waals surface area contributed by atoms with Crippen molar-refractivity contribution in [2.75, 3.05) is 25.1 Å². The summed E-state index contributed by atoms with van der Waals surface area (Å²) in [6.07, 6.45) is 2.46. The summed E-state index contributed by atoms with van der Waals surface area (Å²) in [6.45, 7) is 6.53. The summed E-state index contributed by atoms with van der Waals surface area (Å²) in [7, 11) is 1.64. The molecule has 0 radical (unpaired) electrons. The molecule has 0 amide bonds. The van der Waals surface area contributed by atoms with Crippen LogP contribution in [0.15, 0.2) is 18.2 Å². The fourth-order valence-electron chi connectivity index (χ4n) is 2.67. The zero-order valence-electron chi connectivity index (χ0n) is 11.9. The number of ether oxygens (including phenoxy) is 1. The Morgan fingerprint density at radius 3 is 2.84 bits per heavy atom. The molecule has 19 heavy (non-hydrogen) atoms. The second-order valence-electron chi connectivity index (χ2n) is 5.43. The Labute approximate surface area is 120 Å². The number of rotatable bonds is 4. The van der Waals surface area contributed by atoms with Gasteiger partial charge in [0.2, 0.25) is 0 Å². The molecule has 0 bridgehead atoms. The van der Waals surface area contributed by atoms with Gasteiger partial charge in [0.1, 0.15) is 5.75 Å². The third kappa shape index (κ3) is 3.77. The average Bonchev–Trinajstić information content (AvgIpc) is 2.38. The number of hydrogen-bond acceptors (Lipinski definition) is 3. The highest BCUT2D eigenvalue weighted by molar-refractivity contribution is 6.32. The van der Waals surface area contributed by atoms with Crippen molar-refractivity contribution in [1.82, 2.24) is 5.32 Å². The normalized spacial score (nSPS) is 19.8. The van der Waals surface area contributed by atoms with Crippen molar-refractivity contribution in [3.8, 4) is 5.75 Å². The Morgan fingerprint density at radius 2 is 2.21 bits per heavy atom. The number of piperidine rings is 1. The summed E-state index contributed by atoms with van der Waals surface area (Å²) < 4.78 is 5.20. The van der Waals surface area contributed by atoms with E-state index >= 15 is 0 Å². The van der Waals surface area contributed by atoms with Crippen molar-refractivity contribution in [3.63, 3.8) is 0 Å². The maximum absolute atomic E-state index is 6.20. The molecule has 1 heterocycles. The Hall–Kier alpha value is -0.930. The third-order valence-electron chi connectivity index (χ3n) is 3.49. The number of nitrogens with zero attached hydrogens (tertiary/aromatic N) is 1. The highest BCUT2D eigenvalue weighted by atomic mass is 35.5. The molecule has 4 heteroatoms. The molecule has 1 fully saturated rings. The first kappa shape index (κ1) is 14.5. The summed E-state index contributed by atoms with van der Waals surface area (Å²) >= 11 is 6.20. The number of benzene rings is 1. The van der Waals surface area contributed by atoms with Crippen LogP contribution in [0.4, 0.5) is 5.69 Å². The zero-order chi connectivity index (χ0) is 13.8. The minimum Gasteiger partial charge on any atom is -0.495 e. The molecule has 3 nitrogen and oxygen atoms in total. The van der Waals surface area contributed by atoms with E-state index in [0.717, 1.165) is 18.8 Å². The van der Waals surface area contributed by atoms with E-state index < -0.39 is 0 Å². The molecule has 1 aromatic carbocycles. The summed E-state index contributed by atoms with van der Waals surface area (Å²) in [5.74, 6) is 0.735. The quantitative estimate of drug-likeness (QED) is 0.917. The lowest BCUT2D eigenvalue weighted by atomic mass is 10.0. The highest BCUT2D eigenvalue weighted by Crippen LogP contribution is 2.30. The topological polar surface area (TPSA) is 24.5 Å². The minimum absolute atomic E-state index is 0.532. The molecule has 0 spiro atoms. The molecule has 1 atom stereocenters. The van der Waals surface area contributed by atoms with Crippen molar-refractivity contribution >= 4 is 17.3 Å². The van der Waals surface area contributed by atoms with Crippen LogP contribution in [-0.2, 0) is 0 Å². The summed E-state index contributed by atoms with van der Waals surface area (Å²) in [6, 6.07) is 7.12. The lowest BCUT2D eigenvalue weighted by Gasteiger charge is -2.36. The molecule has 0 saturated carbocycles. The van der Waals surface area contributed by atoms with E-state index in [1.54, 1.807) is 7.11 Å². The monoisotopic (exact) mass is 282 g/mol. The van der Waals surface area contributed by atoms with Gasteiger partial charge >= 0.3 is 0 Å². The Balaban J connectivity index is 2.06. The first-order chi connectivity index (χ1) is 9.10. The second-order valence-corrected chi connectivity index (χ2v) is 5.83. The lowest BCUT2D eigenvalue weighted by Crippen LogP contribution is -2.47. The van der Waals surface area contributed by atoms with Crippen molar-refractivity contribution < 1.29 is 4.74 Å². The van der Waals surface area contributed by atoms with E-state index in [1.165, 1.54) is 18.5 Å². The number of anilines is 1. The SMILES string of the molecule is COc1ccc(N2CCCC(NC(C)C)C2)cc1Cl. The largest absolute Gasteiger partial charge is 0.495 e. The molecule has 1 aliphatic heterocycles. The van der Waals surface area contributed by atoms with Crippen molar-refractivity contribution in [2.24, 2.45) is 0 Å². The van der Waals surface area contributed by atoms with Crippen LogP contribution in [0.5, 0.6) is 5.75 Å². The predicted molar refractivity (Wildman–Crippen MR) is 81.5 cm³/mol. The Morgan fingerprint density at radius 1 is 1.42 bits per heavy atom. The van der Waals surface area contributed by atoms with Crippen LogP contribution < -0.4 is 15.0 Å². The Bertz CT molecular complexity index is 423. The van der Waals surface area contributed by atoms with Crippen LogP contribution in [0.1, 0.15) is 26.7 Å². The van der Waals surface area contributed by atoms with Crippen molar-refractivity contribution in [1.29, 1.82) is 0 Å². The Kier molecular flexibility index (Phi) is 4.94. The van der Waals surface area contributed by atoms with E-state index in [2.05, 4.69) is 30.1 Å². The standard InChI is InChI=1S/C15H23ClN2O/c1-11(2)17-12-5-4-8-18(10-12)13-6-7-15(19-3)14(16)9-13/h6-7,9,11-12,17H,4-5,8,10H2,1-3H3. The fraction of sp³-hybridized carbons (Fsp3) is 0.600. The van der Waals surface area contributed by atoms with E-state index in [9.17, 15) is 0 Å². The van der Waals surface area contributed by atoms with E-state index in [1.807, 2.05) is 12.1 Å². The van der Waals surface area contributed by atoms with E-state index in [4.69, 9.17) is 16.3 Å². The van der Waals surface area contributed by atoms with E-state index in [-0.39, 0.29) is 0 Å². The van der Waals surface area contributed by atoms with Crippen LogP contribution in [0, 0.1) is 0 Å². The maximum atomic E-state index is 6.20. The fourth-order valence-corrected chi connectivity index (χ4v) is 2.92. The summed E-state index contributed by atoms with van der Waals surface area (Å²) in [5.41, 5.74) is 1.18. The molecule has 1 saturated heterocycles. The van der Waals surface area contributed by atoms with Crippen LogP contribution >= 0.6 is 11.6 Å². The zero-order valence-corrected chi connectivity index (χ0v) is 12.7. The highest BCUT2D eigenvalue weighted by Gasteiger charge is 2.20. The lowest BCUT2D eigenvalue weighted by molar-refractivity contribution is 0.394. The van der Waals surface area contributed by atoms with Gasteiger partial charge in [0.25, 0.3) is 0 Å². The van der Waals surface area contributed by atoms with Gasteiger partial charge in [0, 0.05) is 30.9 Å². The molecule has 0 aliphatic carbocycles. The van der Waals surface area contributed by atoms with Gasteiger partial charge in [-0.15, -0.1) is 0 Å². The molecule has 0 aromatic heterocycles. The van der Waals surface area contributed by atoms with Gasteiger partial charge in [0.15, 0.2) is 0 Å². The molecular formula is C15H23ClN2O. The number of methoxy groups -OCH3 is 1. The number of halogens is 1. The van der Waals surface area contributed by atoms with Crippen molar-refractivity contribution in [3.05, 3.63) is 23.2 Å². The molecule has 106 valence electrons. The van der Waals surface area contributed by atoms with Gasteiger partial charge in [0.05, 0.1) is 12.1 Å². The molecule has 1 N–H and O–H groups in total. The van der Waals surface area contributed by atoms with Gasteiger partial charge in [-0.3, -0.25) is 0 Å². The first-order valence-corrected chi connectivity index (χ1v) is 7.32. The van der Waals surface area contributed by atoms with Gasteiger partial charge in [-0.05, 0) is 31.0 Å². The predicted octanol–water partition coefficient (Wildman–Crippen LogP) is 3.32. The van der Waals surface area contributed by atoms with Gasteiger partial charge in [-0.2, -0.15) is 0 Å². The van der Waals surface area contributed by atoms with Crippen LogP contribution in [-0.4, -0.2) is 32.3 Å². The molecule has 2 rings (SSSR count). The second kappa shape index (κ2) is 6.49. The van der Waals surface area contributed by atoms with Crippen LogP contribution in [0.3, 0.4) is 0 Å². The molecule has 1 aromatic rings. The summed E-state index contributed by atoms with van der Waals surface area (Å²) in [4.78, 5) is 2.40. The smallest absolute Gasteiger partial charge is 0.137 e. The summed E-state index contributed by atoms with van der Waals surface area (Å²) in [5, 5.41) is 4.30. The van der Waals surface area contributed by atoms with Crippen LogP contribution in [0.2, 0.25) is 5.02 Å². The number of nitrogens with one attached hydrogen (secondary N) is 1. The average molecular weight is 283 g/mol. The third-order valence-corrected chi connectivity index (χ3v) is 3.79. The van der Waals surface area contributed by atoms with Crippen LogP contribution in [0.25, 0.3) is 0 Å². The van der Waals surface area contributed by atoms with Gasteiger partial charge < -0.3 is 15.0 Å².